The van der Waals surface area contributed by atoms with Gasteiger partial charge in [0.15, 0.2) is 0 Å². The second-order valence-corrected chi connectivity index (χ2v) is 5.15. The maximum Gasteiger partial charge on any atom is 0.0107 e. The van der Waals surface area contributed by atoms with Crippen molar-refractivity contribution < 1.29 is 0 Å². The van der Waals surface area contributed by atoms with Crippen molar-refractivity contribution in [3.63, 3.8) is 0 Å². The lowest BCUT2D eigenvalue weighted by molar-refractivity contribution is 0.246. The molecular formula is C11H24N2S. The molecule has 0 spiro atoms. The van der Waals surface area contributed by atoms with Gasteiger partial charge in [-0.1, -0.05) is 12.8 Å². The number of likely N-dealkylation sites (N-methyl/N-ethyl adjacent to an activating group) is 1. The standard InChI is InChI=1S/C11H24N2S/c1-13(11-5-3-4-6-11)9-7-12-8-10-14-2/h11-12H,3-10H2,1-2H3. The second-order valence-electron chi connectivity index (χ2n) is 4.16. The van der Waals surface area contributed by atoms with Crippen molar-refractivity contribution in [2.45, 2.75) is 31.7 Å². The molecule has 1 aliphatic carbocycles. The van der Waals surface area contributed by atoms with E-state index in [1.54, 1.807) is 0 Å². The molecular weight excluding hydrogens is 192 g/mol. The van der Waals surface area contributed by atoms with E-state index in [-0.39, 0.29) is 0 Å². The highest BCUT2D eigenvalue weighted by Gasteiger charge is 2.18. The molecule has 1 N–H and O–H groups in total. The highest BCUT2D eigenvalue weighted by atomic mass is 32.2. The Morgan fingerprint density at radius 1 is 1.29 bits per heavy atom. The summed E-state index contributed by atoms with van der Waals surface area (Å²) in [5, 5.41) is 3.48. The second kappa shape index (κ2) is 7.55. The predicted octanol–water partition coefficient (Wildman–Crippen LogP) is 1.81. The van der Waals surface area contributed by atoms with E-state index in [0.717, 1.165) is 19.1 Å². The SMILES string of the molecule is CSCCNCCN(C)C1CCCC1. The van der Waals surface area contributed by atoms with Gasteiger partial charge in [0.05, 0.1) is 0 Å². The van der Waals surface area contributed by atoms with Gasteiger partial charge in [-0.3, -0.25) is 0 Å². The van der Waals surface area contributed by atoms with Crippen LogP contribution >= 0.6 is 11.8 Å². The zero-order valence-corrected chi connectivity index (χ0v) is 10.4. The minimum absolute atomic E-state index is 0.873. The highest BCUT2D eigenvalue weighted by molar-refractivity contribution is 7.98. The molecule has 0 aromatic carbocycles. The molecule has 1 saturated carbocycles. The minimum Gasteiger partial charge on any atom is -0.315 e. The third-order valence-electron chi connectivity index (χ3n) is 3.07. The number of thioether (sulfide) groups is 1. The topological polar surface area (TPSA) is 15.3 Å². The predicted molar refractivity (Wildman–Crippen MR) is 66.1 cm³/mol. The average molecular weight is 216 g/mol. The average Bonchev–Trinajstić information content (AvgIpc) is 2.70. The minimum atomic E-state index is 0.873. The zero-order valence-electron chi connectivity index (χ0n) is 9.59. The molecule has 1 rings (SSSR count). The van der Waals surface area contributed by atoms with E-state index in [1.807, 2.05) is 11.8 Å². The smallest absolute Gasteiger partial charge is 0.0107 e. The van der Waals surface area contributed by atoms with Crippen LogP contribution in [0.5, 0.6) is 0 Å². The molecule has 0 aliphatic heterocycles. The fraction of sp³-hybridized carbons (Fsp3) is 1.00. The zero-order chi connectivity index (χ0) is 10.2. The van der Waals surface area contributed by atoms with E-state index in [2.05, 4.69) is 23.5 Å². The van der Waals surface area contributed by atoms with Gasteiger partial charge < -0.3 is 10.2 Å². The molecule has 0 radical (unpaired) electrons. The fourth-order valence-corrected chi connectivity index (χ4v) is 2.43. The molecule has 0 atom stereocenters. The van der Waals surface area contributed by atoms with Gasteiger partial charge in [0.25, 0.3) is 0 Å². The molecule has 0 aromatic heterocycles. The Kier molecular flexibility index (Phi) is 6.65. The quantitative estimate of drug-likeness (QED) is 0.654. The van der Waals surface area contributed by atoms with E-state index < -0.39 is 0 Å². The summed E-state index contributed by atoms with van der Waals surface area (Å²) < 4.78 is 0. The number of hydrogen-bond donors (Lipinski definition) is 1. The Morgan fingerprint density at radius 2 is 2.00 bits per heavy atom. The molecule has 0 amide bonds. The largest absolute Gasteiger partial charge is 0.315 e. The van der Waals surface area contributed by atoms with Crippen LogP contribution in [-0.4, -0.2) is 49.6 Å². The molecule has 1 fully saturated rings. The molecule has 0 saturated heterocycles. The fourth-order valence-electron chi connectivity index (χ4n) is 2.08. The first-order valence-corrected chi connectivity index (χ1v) is 7.14. The van der Waals surface area contributed by atoms with Gasteiger partial charge in [0, 0.05) is 31.4 Å². The Labute approximate surface area is 92.8 Å². The van der Waals surface area contributed by atoms with Gasteiger partial charge in [-0.05, 0) is 26.1 Å². The van der Waals surface area contributed by atoms with Crippen LogP contribution in [0.15, 0.2) is 0 Å². The summed E-state index contributed by atoms with van der Waals surface area (Å²) in [6, 6.07) is 0.873. The van der Waals surface area contributed by atoms with Crippen molar-refractivity contribution in [3.05, 3.63) is 0 Å². The lowest BCUT2D eigenvalue weighted by atomic mass is 10.2. The lowest BCUT2D eigenvalue weighted by Gasteiger charge is -2.23. The van der Waals surface area contributed by atoms with Gasteiger partial charge in [-0.25, -0.2) is 0 Å². The Balaban J connectivity index is 1.94. The summed E-state index contributed by atoms with van der Waals surface area (Å²) in [6.45, 7) is 3.51. The van der Waals surface area contributed by atoms with Crippen LogP contribution < -0.4 is 5.32 Å². The van der Waals surface area contributed by atoms with Crippen molar-refractivity contribution in [1.29, 1.82) is 0 Å². The molecule has 0 unspecified atom stereocenters. The summed E-state index contributed by atoms with van der Waals surface area (Å²) >= 11 is 1.91. The summed E-state index contributed by atoms with van der Waals surface area (Å²) in [4.78, 5) is 2.53. The van der Waals surface area contributed by atoms with Gasteiger partial charge in [-0.15, -0.1) is 0 Å². The third kappa shape index (κ3) is 4.67. The van der Waals surface area contributed by atoms with Crippen LogP contribution in [0, 0.1) is 0 Å². The molecule has 1 aliphatic rings. The first-order valence-electron chi connectivity index (χ1n) is 5.74. The Hall–Kier alpha value is 0.270. The van der Waals surface area contributed by atoms with Gasteiger partial charge in [-0.2, -0.15) is 11.8 Å². The molecule has 3 heteroatoms. The van der Waals surface area contributed by atoms with E-state index in [0.29, 0.717) is 0 Å². The molecule has 0 heterocycles. The van der Waals surface area contributed by atoms with Crippen LogP contribution in [0.25, 0.3) is 0 Å². The van der Waals surface area contributed by atoms with Crippen LogP contribution in [0.2, 0.25) is 0 Å². The van der Waals surface area contributed by atoms with Gasteiger partial charge in [0.2, 0.25) is 0 Å². The van der Waals surface area contributed by atoms with Crippen molar-refractivity contribution >= 4 is 11.8 Å². The van der Waals surface area contributed by atoms with Crippen molar-refractivity contribution in [2.24, 2.45) is 0 Å². The number of hydrogen-bond acceptors (Lipinski definition) is 3. The first-order chi connectivity index (χ1) is 6.84. The van der Waals surface area contributed by atoms with E-state index >= 15 is 0 Å². The van der Waals surface area contributed by atoms with Gasteiger partial charge >= 0.3 is 0 Å². The van der Waals surface area contributed by atoms with E-state index in [1.165, 1.54) is 38.0 Å². The molecule has 0 aromatic rings. The molecule has 84 valence electrons. The number of nitrogens with one attached hydrogen (secondary N) is 1. The monoisotopic (exact) mass is 216 g/mol. The summed E-state index contributed by atoms with van der Waals surface area (Å²) in [7, 11) is 2.27. The molecule has 0 bridgehead atoms. The maximum absolute atomic E-state index is 3.48. The van der Waals surface area contributed by atoms with Crippen LogP contribution in [0.4, 0.5) is 0 Å². The van der Waals surface area contributed by atoms with E-state index in [9.17, 15) is 0 Å². The van der Waals surface area contributed by atoms with Gasteiger partial charge in [0.1, 0.15) is 0 Å². The van der Waals surface area contributed by atoms with Crippen LogP contribution in [0.1, 0.15) is 25.7 Å². The third-order valence-corrected chi connectivity index (χ3v) is 3.68. The van der Waals surface area contributed by atoms with Crippen molar-refractivity contribution in [1.82, 2.24) is 10.2 Å². The maximum atomic E-state index is 3.48. The number of rotatable bonds is 7. The van der Waals surface area contributed by atoms with Crippen molar-refractivity contribution in [3.8, 4) is 0 Å². The molecule has 14 heavy (non-hydrogen) atoms. The number of nitrogens with zero attached hydrogens (tertiary/aromatic N) is 1. The van der Waals surface area contributed by atoms with E-state index in [4.69, 9.17) is 0 Å². The lowest BCUT2D eigenvalue weighted by Crippen LogP contribution is -2.35. The highest BCUT2D eigenvalue weighted by Crippen LogP contribution is 2.21. The summed E-state index contributed by atoms with van der Waals surface area (Å²) in [5.41, 5.74) is 0. The summed E-state index contributed by atoms with van der Waals surface area (Å²) in [5.74, 6) is 1.23. The van der Waals surface area contributed by atoms with Crippen molar-refractivity contribution in [2.75, 3.05) is 38.7 Å². The Morgan fingerprint density at radius 3 is 2.64 bits per heavy atom. The normalized spacial score (nSPS) is 18.2. The van der Waals surface area contributed by atoms with Crippen LogP contribution in [-0.2, 0) is 0 Å². The Bertz CT molecular complexity index is 135. The first kappa shape index (κ1) is 12.3. The summed E-state index contributed by atoms with van der Waals surface area (Å²) in [6.07, 6.45) is 7.87. The van der Waals surface area contributed by atoms with Crippen LogP contribution in [0.3, 0.4) is 0 Å². The molecule has 2 nitrogen and oxygen atoms in total.